The summed E-state index contributed by atoms with van der Waals surface area (Å²) in [7, 11) is 0. The van der Waals surface area contributed by atoms with Crippen molar-refractivity contribution in [3.63, 3.8) is 0 Å². The van der Waals surface area contributed by atoms with Crippen LogP contribution < -0.4 is 0 Å². The molecule has 0 bridgehead atoms. The van der Waals surface area contributed by atoms with Gasteiger partial charge in [-0.15, -0.1) is 0 Å². The number of carbonyl (C=O) groups excluding carboxylic acids is 4. The van der Waals surface area contributed by atoms with Crippen molar-refractivity contribution in [2.24, 2.45) is 0 Å². The van der Waals surface area contributed by atoms with Gasteiger partial charge in [-0.25, -0.2) is 0 Å². The molecule has 0 aromatic heterocycles. The maximum absolute atomic E-state index is 10.6. The minimum absolute atomic E-state index is 0. The Morgan fingerprint density at radius 3 is 1.23 bits per heavy atom. The lowest BCUT2D eigenvalue weighted by Gasteiger charge is -2.17. The van der Waals surface area contributed by atoms with Gasteiger partial charge in [-0.05, 0) is 0 Å². The van der Waals surface area contributed by atoms with Crippen molar-refractivity contribution in [1.82, 2.24) is 0 Å². The van der Waals surface area contributed by atoms with E-state index >= 15 is 0 Å². The Labute approximate surface area is 71.3 Å². The van der Waals surface area contributed by atoms with Gasteiger partial charge in [-0.2, -0.15) is 0 Å². The Balaban J connectivity index is 0.00000144. The topological polar surface area (TPSA) is 140 Å². The van der Waals surface area contributed by atoms with E-state index in [0.29, 0.717) is 0 Å². The molecule has 72 valence electrons. The summed E-state index contributed by atoms with van der Waals surface area (Å²) in [6.45, 7) is 0. The van der Waals surface area contributed by atoms with Gasteiger partial charge in [-0.1, -0.05) is 0 Å². The van der Waals surface area contributed by atoms with Crippen LogP contribution in [0.3, 0.4) is 0 Å². The van der Waals surface area contributed by atoms with Crippen LogP contribution in [0.5, 0.6) is 0 Å². The van der Waals surface area contributed by atoms with Gasteiger partial charge < -0.3 is 15.7 Å². The zero-order valence-corrected chi connectivity index (χ0v) is 6.18. The SMILES string of the molecule is O.O=C1C(=O)C(=O)C(O)C(O)C1=O. The highest BCUT2D eigenvalue weighted by molar-refractivity contribution is 6.81. The van der Waals surface area contributed by atoms with Crippen LogP contribution >= 0.6 is 0 Å². The first kappa shape index (κ1) is 11.6. The summed E-state index contributed by atoms with van der Waals surface area (Å²) < 4.78 is 0. The minimum atomic E-state index is -2.09. The number of Topliss-reactive ketones (excluding diaryl/α,β-unsaturated/α-hetero) is 4. The number of aliphatic hydroxyl groups excluding tert-OH is 2. The second-order valence-electron chi connectivity index (χ2n) is 2.28. The van der Waals surface area contributed by atoms with E-state index in [0.717, 1.165) is 0 Å². The van der Waals surface area contributed by atoms with E-state index in [1.54, 1.807) is 0 Å². The predicted octanol–water partition coefficient (Wildman–Crippen LogP) is -3.83. The number of aliphatic hydroxyl groups is 2. The smallest absolute Gasteiger partial charge is 0.275 e. The molecule has 13 heavy (non-hydrogen) atoms. The first-order valence-corrected chi connectivity index (χ1v) is 2.99. The van der Waals surface area contributed by atoms with Crippen LogP contribution in [0.15, 0.2) is 0 Å². The van der Waals surface area contributed by atoms with Crippen molar-refractivity contribution in [3.8, 4) is 0 Å². The Morgan fingerprint density at radius 1 is 0.769 bits per heavy atom. The van der Waals surface area contributed by atoms with Gasteiger partial charge in [0, 0.05) is 0 Å². The Bertz CT molecular complexity index is 261. The third kappa shape index (κ3) is 1.52. The van der Waals surface area contributed by atoms with Gasteiger partial charge >= 0.3 is 0 Å². The van der Waals surface area contributed by atoms with Crippen molar-refractivity contribution < 1.29 is 34.9 Å². The van der Waals surface area contributed by atoms with Crippen molar-refractivity contribution in [1.29, 1.82) is 0 Å². The monoisotopic (exact) mass is 190 g/mol. The summed E-state index contributed by atoms with van der Waals surface area (Å²) >= 11 is 0. The van der Waals surface area contributed by atoms with Crippen molar-refractivity contribution in [2.75, 3.05) is 0 Å². The molecule has 0 saturated heterocycles. The Kier molecular flexibility index (Phi) is 3.13. The second kappa shape index (κ2) is 3.52. The van der Waals surface area contributed by atoms with E-state index in [1.165, 1.54) is 0 Å². The molecule has 1 rings (SSSR count). The fraction of sp³-hybridized carbons (Fsp3) is 0.333. The number of hydrogen-bond donors (Lipinski definition) is 2. The molecule has 0 amide bonds. The highest BCUT2D eigenvalue weighted by Gasteiger charge is 2.47. The highest BCUT2D eigenvalue weighted by Crippen LogP contribution is 2.06. The molecule has 4 N–H and O–H groups in total. The molecule has 2 unspecified atom stereocenters. The quantitative estimate of drug-likeness (QED) is 0.375. The molecule has 0 spiro atoms. The maximum Gasteiger partial charge on any atom is 0.275 e. The number of rotatable bonds is 0. The molecule has 1 aliphatic rings. The Morgan fingerprint density at radius 2 is 1.00 bits per heavy atom. The molecule has 7 nitrogen and oxygen atoms in total. The van der Waals surface area contributed by atoms with E-state index in [4.69, 9.17) is 10.2 Å². The zero-order chi connectivity index (χ0) is 9.46. The molecule has 0 radical (unpaired) electrons. The van der Waals surface area contributed by atoms with Gasteiger partial charge in [0.15, 0.2) is 12.2 Å². The first-order chi connectivity index (χ1) is 5.46. The highest BCUT2D eigenvalue weighted by atomic mass is 16.3. The molecule has 1 saturated carbocycles. The standard InChI is InChI=1S/C6H4O6.H2O/c7-1-2(8)4(10)6(12)5(11)3(1)9;/h1-2,7-8H;1H2. The molecule has 1 aliphatic carbocycles. The van der Waals surface area contributed by atoms with Crippen LogP contribution in [0, 0.1) is 0 Å². The van der Waals surface area contributed by atoms with Crippen molar-refractivity contribution in [2.45, 2.75) is 12.2 Å². The van der Waals surface area contributed by atoms with Gasteiger partial charge in [-0.3, -0.25) is 19.2 Å². The third-order valence-corrected chi connectivity index (χ3v) is 1.49. The normalized spacial score (nSPS) is 28.8. The molecule has 0 heterocycles. The molecule has 0 aromatic carbocycles. The summed E-state index contributed by atoms with van der Waals surface area (Å²) in [6.07, 6.45) is -4.19. The summed E-state index contributed by atoms with van der Waals surface area (Å²) in [4.78, 5) is 42.1. The van der Waals surface area contributed by atoms with Crippen molar-refractivity contribution in [3.05, 3.63) is 0 Å². The number of carbonyl (C=O) groups is 4. The van der Waals surface area contributed by atoms with Gasteiger partial charge in [0.05, 0.1) is 0 Å². The minimum Gasteiger partial charge on any atom is -0.412 e. The van der Waals surface area contributed by atoms with Gasteiger partial charge in [0.25, 0.3) is 11.6 Å². The lowest BCUT2D eigenvalue weighted by Crippen LogP contribution is -2.54. The summed E-state index contributed by atoms with van der Waals surface area (Å²) in [5, 5.41) is 17.4. The van der Waals surface area contributed by atoms with Crippen LogP contribution in [-0.4, -0.2) is 51.0 Å². The molecule has 0 aromatic rings. The van der Waals surface area contributed by atoms with E-state index in [2.05, 4.69) is 0 Å². The lowest BCUT2D eigenvalue weighted by atomic mass is 9.90. The van der Waals surface area contributed by atoms with Crippen molar-refractivity contribution >= 4 is 23.1 Å². The average molecular weight is 190 g/mol. The summed E-state index contributed by atoms with van der Waals surface area (Å²) in [5.41, 5.74) is 0. The van der Waals surface area contributed by atoms with E-state index in [1.807, 2.05) is 0 Å². The average Bonchev–Trinajstić information content (AvgIpc) is 2.08. The van der Waals surface area contributed by atoms with Crippen LogP contribution in [0.1, 0.15) is 0 Å². The van der Waals surface area contributed by atoms with Crippen LogP contribution in [0.2, 0.25) is 0 Å². The zero-order valence-electron chi connectivity index (χ0n) is 6.18. The van der Waals surface area contributed by atoms with Crippen LogP contribution in [-0.2, 0) is 19.2 Å². The van der Waals surface area contributed by atoms with Gasteiger partial charge in [0.1, 0.15) is 0 Å². The largest absolute Gasteiger partial charge is 0.412 e. The fourth-order valence-corrected chi connectivity index (χ4v) is 0.779. The second-order valence-corrected chi connectivity index (χ2v) is 2.28. The number of hydrogen-bond acceptors (Lipinski definition) is 6. The van der Waals surface area contributed by atoms with Crippen LogP contribution in [0.4, 0.5) is 0 Å². The summed E-state index contributed by atoms with van der Waals surface area (Å²) in [6, 6.07) is 0. The number of ketones is 4. The fourth-order valence-electron chi connectivity index (χ4n) is 0.779. The molecule has 2 atom stereocenters. The van der Waals surface area contributed by atoms with Gasteiger partial charge in [0.2, 0.25) is 11.6 Å². The molecular weight excluding hydrogens is 184 g/mol. The van der Waals surface area contributed by atoms with E-state index in [9.17, 15) is 19.2 Å². The summed E-state index contributed by atoms with van der Waals surface area (Å²) in [5.74, 6) is -6.02. The first-order valence-electron chi connectivity index (χ1n) is 2.99. The molecule has 0 aliphatic heterocycles. The maximum atomic E-state index is 10.6. The third-order valence-electron chi connectivity index (χ3n) is 1.49. The lowest BCUT2D eigenvalue weighted by molar-refractivity contribution is -0.162. The van der Waals surface area contributed by atoms with E-state index < -0.39 is 35.3 Å². The Hall–Kier alpha value is -1.44. The van der Waals surface area contributed by atoms with Crippen LogP contribution in [0.25, 0.3) is 0 Å². The molecule has 7 heteroatoms. The molecule has 1 fully saturated rings. The predicted molar refractivity (Wildman–Crippen MR) is 35.7 cm³/mol. The van der Waals surface area contributed by atoms with E-state index in [-0.39, 0.29) is 5.48 Å². The molecular formula is C6H6O7.